The molecule has 0 bridgehead atoms. The number of nitrogens with zero attached hydrogens (tertiary/aromatic N) is 2. The topological polar surface area (TPSA) is 83.1 Å². The fourth-order valence-corrected chi connectivity index (χ4v) is 3.65. The van der Waals surface area contributed by atoms with Crippen LogP contribution in [0.1, 0.15) is 12.5 Å². The Morgan fingerprint density at radius 2 is 1.50 bits per heavy atom. The summed E-state index contributed by atoms with van der Waals surface area (Å²) >= 11 is 0. The molecule has 30 heavy (non-hydrogen) atoms. The summed E-state index contributed by atoms with van der Waals surface area (Å²) in [5.74, 6) is 1.46. The zero-order valence-electron chi connectivity index (χ0n) is 17.0. The maximum Gasteiger partial charge on any atom is 0.238 e. The van der Waals surface area contributed by atoms with Crippen LogP contribution in [0, 0.1) is 0 Å². The second kappa shape index (κ2) is 9.15. The van der Waals surface area contributed by atoms with Crippen LogP contribution >= 0.6 is 0 Å². The van der Waals surface area contributed by atoms with Gasteiger partial charge in [0.05, 0.1) is 6.54 Å². The summed E-state index contributed by atoms with van der Waals surface area (Å²) in [4.78, 5) is 28.0. The van der Waals surface area contributed by atoms with Crippen LogP contribution in [0.3, 0.4) is 0 Å². The van der Waals surface area contributed by atoms with Gasteiger partial charge in [-0.25, -0.2) is 0 Å². The van der Waals surface area contributed by atoms with Crippen LogP contribution in [-0.4, -0.2) is 61.1 Å². The molecule has 2 aliphatic rings. The number of carbonyl (C=O) groups is 2. The Bertz CT molecular complexity index is 908. The van der Waals surface area contributed by atoms with Crippen molar-refractivity contribution in [3.8, 4) is 11.5 Å². The predicted molar refractivity (Wildman–Crippen MR) is 114 cm³/mol. The van der Waals surface area contributed by atoms with E-state index in [4.69, 9.17) is 9.47 Å². The van der Waals surface area contributed by atoms with E-state index in [2.05, 4.69) is 26.5 Å². The number of rotatable bonds is 6. The number of piperazine rings is 1. The SMILES string of the molecule is CC(=O)Nc1ccc(NC(=O)CN2CCN(Cc3ccc4c(c3)OCO4)CC2)cc1. The molecule has 1 fully saturated rings. The van der Waals surface area contributed by atoms with Gasteiger partial charge in [0.15, 0.2) is 11.5 Å². The van der Waals surface area contributed by atoms with Crippen LogP contribution in [-0.2, 0) is 16.1 Å². The molecule has 158 valence electrons. The number of hydrogen-bond donors (Lipinski definition) is 2. The zero-order valence-corrected chi connectivity index (χ0v) is 17.0. The Morgan fingerprint density at radius 1 is 0.867 bits per heavy atom. The summed E-state index contributed by atoms with van der Waals surface area (Å²) in [6.07, 6.45) is 0. The predicted octanol–water partition coefficient (Wildman–Crippen LogP) is 2.13. The molecule has 2 aliphatic heterocycles. The minimum atomic E-state index is -0.121. The summed E-state index contributed by atoms with van der Waals surface area (Å²) in [5, 5.41) is 5.62. The van der Waals surface area contributed by atoms with Gasteiger partial charge in [0.2, 0.25) is 18.6 Å². The molecule has 0 spiro atoms. The highest BCUT2D eigenvalue weighted by molar-refractivity contribution is 5.93. The van der Waals surface area contributed by atoms with Crippen molar-refractivity contribution in [1.82, 2.24) is 9.80 Å². The minimum Gasteiger partial charge on any atom is -0.454 e. The monoisotopic (exact) mass is 410 g/mol. The first kappa shape index (κ1) is 20.2. The Balaban J connectivity index is 1.20. The highest BCUT2D eigenvalue weighted by atomic mass is 16.7. The van der Waals surface area contributed by atoms with E-state index in [0.29, 0.717) is 19.0 Å². The van der Waals surface area contributed by atoms with E-state index in [1.165, 1.54) is 12.5 Å². The first-order valence-corrected chi connectivity index (χ1v) is 10.1. The van der Waals surface area contributed by atoms with Crippen molar-refractivity contribution < 1.29 is 19.1 Å². The van der Waals surface area contributed by atoms with Gasteiger partial charge in [-0.1, -0.05) is 6.07 Å². The molecule has 2 amide bonds. The maximum absolute atomic E-state index is 12.4. The molecule has 2 N–H and O–H groups in total. The number of carbonyl (C=O) groups excluding carboxylic acids is 2. The van der Waals surface area contributed by atoms with Crippen LogP contribution in [0.2, 0.25) is 0 Å². The second-order valence-corrected chi connectivity index (χ2v) is 7.55. The number of fused-ring (bicyclic) bond motifs is 1. The molecule has 0 aromatic heterocycles. The molecule has 4 rings (SSSR count). The van der Waals surface area contributed by atoms with Crippen molar-refractivity contribution in [2.75, 3.05) is 50.2 Å². The van der Waals surface area contributed by atoms with Crippen LogP contribution < -0.4 is 20.1 Å². The van der Waals surface area contributed by atoms with Gasteiger partial charge < -0.3 is 20.1 Å². The summed E-state index contributed by atoms with van der Waals surface area (Å²) < 4.78 is 10.8. The van der Waals surface area contributed by atoms with E-state index >= 15 is 0 Å². The largest absolute Gasteiger partial charge is 0.454 e. The molecule has 1 saturated heterocycles. The minimum absolute atomic E-state index is 0.0356. The van der Waals surface area contributed by atoms with Crippen molar-refractivity contribution in [2.45, 2.75) is 13.5 Å². The smallest absolute Gasteiger partial charge is 0.238 e. The summed E-state index contributed by atoms with van der Waals surface area (Å²) in [7, 11) is 0. The Hall–Kier alpha value is -3.10. The molecule has 0 saturated carbocycles. The van der Waals surface area contributed by atoms with Gasteiger partial charge in [-0.3, -0.25) is 19.4 Å². The first-order valence-electron chi connectivity index (χ1n) is 10.1. The van der Waals surface area contributed by atoms with Gasteiger partial charge in [0.25, 0.3) is 0 Å². The summed E-state index contributed by atoms with van der Waals surface area (Å²) in [6.45, 7) is 6.49. The molecule has 0 aliphatic carbocycles. The maximum atomic E-state index is 12.4. The number of amides is 2. The summed E-state index contributed by atoms with van der Waals surface area (Å²) in [5.41, 5.74) is 2.63. The van der Waals surface area contributed by atoms with Gasteiger partial charge in [-0.2, -0.15) is 0 Å². The molecule has 2 aromatic carbocycles. The highest BCUT2D eigenvalue weighted by Gasteiger charge is 2.20. The quantitative estimate of drug-likeness (QED) is 0.759. The van der Waals surface area contributed by atoms with Gasteiger partial charge in [0.1, 0.15) is 0 Å². The van der Waals surface area contributed by atoms with Crippen LogP contribution in [0.25, 0.3) is 0 Å². The molecule has 0 unspecified atom stereocenters. The Morgan fingerprint density at radius 3 is 2.20 bits per heavy atom. The van der Waals surface area contributed by atoms with Crippen LogP contribution in [0.4, 0.5) is 11.4 Å². The van der Waals surface area contributed by atoms with Gasteiger partial charge in [-0.05, 0) is 42.0 Å². The van der Waals surface area contributed by atoms with E-state index in [1.807, 2.05) is 12.1 Å². The Labute approximate surface area is 175 Å². The number of nitrogens with one attached hydrogen (secondary N) is 2. The second-order valence-electron chi connectivity index (χ2n) is 7.55. The highest BCUT2D eigenvalue weighted by Crippen LogP contribution is 2.32. The fourth-order valence-electron chi connectivity index (χ4n) is 3.65. The van der Waals surface area contributed by atoms with Gasteiger partial charge >= 0.3 is 0 Å². The van der Waals surface area contributed by atoms with E-state index in [9.17, 15) is 9.59 Å². The third-order valence-corrected chi connectivity index (χ3v) is 5.16. The lowest BCUT2D eigenvalue weighted by atomic mass is 10.1. The average molecular weight is 410 g/mol. The molecule has 2 heterocycles. The van der Waals surface area contributed by atoms with E-state index in [1.54, 1.807) is 24.3 Å². The lowest BCUT2D eigenvalue weighted by Crippen LogP contribution is -2.48. The summed E-state index contributed by atoms with van der Waals surface area (Å²) in [6, 6.07) is 13.2. The molecule has 0 atom stereocenters. The van der Waals surface area contributed by atoms with Gasteiger partial charge in [-0.15, -0.1) is 0 Å². The molecular formula is C22H26N4O4. The van der Waals surface area contributed by atoms with E-state index in [0.717, 1.165) is 49.9 Å². The lowest BCUT2D eigenvalue weighted by Gasteiger charge is -2.34. The Kier molecular flexibility index (Phi) is 6.15. The number of hydrogen-bond acceptors (Lipinski definition) is 6. The molecule has 8 heteroatoms. The first-order chi connectivity index (χ1) is 14.5. The van der Waals surface area contributed by atoms with Crippen LogP contribution in [0.15, 0.2) is 42.5 Å². The van der Waals surface area contributed by atoms with E-state index < -0.39 is 0 Å². The third kappa shape index (κ3) is 5.28. The van der Waals surface area contributed by atoms with Crippen molar-refractivity contribution in [3.63, 3.8) is 0 Å². The molecule has 2 aromatic rings. The number of benzene rings is 2. The fraction of sp³-hybridized carbons (Fsp3) is 0.364. The lowest BCUT2D eigenvalue weighted by molar-refractivity contribution is -0.117. The normalized spacial score (nSPS) is 16.3. The molecular weight excluding hydrogens is 384 g/mol. The molecule has 0 radical (unpaired) electrons. The third-order valence-electron chi connectivity index (χ3n) is 5.16. The standard InChI is InChI=1S/C22H26N4O4/c1-16(27)23-18-3-5-19(6-4-18)24-22(28)14-26-10-8-25(9-11-26)13-17-2-7-20-21(12-17)30-15-29-20/h2-7,12H,8-11,13-15H2,1H3,(H,23,27)(H,24,28). The zero-order chi connectivity index (χ0) is 20.9. The number of anilines is 2. The van der Waals surface area contributed by atoms with Crippen LogP contribution in [0.5, 0.6) is 11.5 Å². The molecule has 8 nitrogen and oxygen atoms in total. The van der Waals surface area contributed by atoms with Gasteiger partial charge in [0, 0.05) is 51.0 Å². The van der Waals surface area contributed by atoms with Crippen molar-refractivity contribution in [3.05, 3.63) is 48.0 Å². The van der Waals surface area contributed by atoms with Crippen molar-refractivity contribution in [1.29, 1.82) is 0 Å². The van der Waals surface area contributed by atoms with E-state index in [-0.39, 0.29) is 11.8 Å². The van der Waals surface area contributed by atoms with Crippen molar-refractivity contribution >= 4 is 23.2 Å². The van der Waals surface area contributed by atoms with Crippen molar-refractivity contribution in [2.24, 2.45) is 0 Å². The number of ether oxygens (including phenoxy) is 2. The average Bonchev–Trinajstić information content (AvgIpc) is 3.18.